The third-order valence-electron chi connectivity index (χ3n) is 3.87. The van der Waals surface area contributed by atoms with Gasteiger partial charge >= 0.3 is 0 Å². The summed E-state index contributed by atoms with van der Waals surface area (Å²) in [6, 6.07) is 6.11. The number of carbonyl (C=O) groups is 1. The van der Waals surface area contributed by atoms with Crippen LogP contribution >= 0.6 is 0 Å². The van der Waals surface area contributed by atoms with E-state index in [9.17, 15) is 4.79 Å². The summed E-state index contributed by atoms with van der Waals surface area (Å²) < 4.78 is 6.02. The van der Waals surface area contributed by atoms with Gasteiger partial charge in [-0.25, -0.2) is 0 Å². The summed E-state index contributed by atoms with van der Waals surface area (Å²) in [6.07, 6.45) is 2.89. The van der Waals surface area contributed by atoms with Crippen molar-refractivity contribution >= 4 is 5.91 Å². The average Bonchev–Trinajstić information content (AvgIpc) is 2.34. The predicted molar refractivity (Wildman–Crippen MR) is 74.9 cm³/mol. The minimum atomic E-state index is -0.916. The minimum absolute atomic E-state index is 0.0354. The number of amides is 1. The van der Waals surface area contributed by atoms with Gasteiger partial charge in [0, 0.05) is 6.42 Å². The van der Waals surface area contributed by atoms with Gasteiger partial charge in [0.2, 0.25) is 5.91 Å². The van der Waals surface area contributed by atoms with Crippen molar-refractivity contribution in [3.05, 3.63) is 29.3 Å². The van der Waals surface area contributed by atoms with Crippen molar-refractivity contribution in [3.63, 3.8) is 0 Å². The van der Waals surface area contributed by atoms with E-state index < -0.39 is 11.4 Å². The van der Waals surface area contributed by atoms with Crippen LogP contribution in [0.25, 0.3) is 0 Å². The summed E-state index contributed by atoms with van der Waals surface area (Å²) in [5, 5.41) is 0. The molecule has 2 unspecified atom stereocenters. The quantitative estimate of drug-likeness (QED) is 0.872. The summed E-state index contributed by atoms with van der Waals surface area (Å²) >= 11 is 0. The molecule has 1 aromatic carbocycles. The Kier molecular flexibility index (Phi) is 3.80. The lowest BCUT2D eigenvalue weighted by Gasteiger charge is -2.35. The maximum absolute atomic E-state index is 11.4. The molecule has 104 valence electrons. The highest BCUT2D eigenvalue weighted by Crippen LogP contribution is 2.30. The number of hydrogen-bond donors (Lipinski definition) is 2. The largest absolute Gasteiger partial charge is 0.490 e. The fourth-order valence-corrected chi connectivity index (χ4v) is 2.59. The molecule has 0 aromatic heterocycles. The zero-order valence-electron chi connectivity index (χ0n) is 11.6. The lowest BCUT2D eigenvalue weighted by molar-refractivity contribution is -0.125. The summed E-state index contributed by atoms with van der Waals surface area (Å²) in [5.41, 5.74) is 12.8. The fraction of sp³-hybridized carbons (Fsp3) is 0.533. The Morgan fingerprint density at radius 1 is 1.42 bits per heavy atom. The number of primary amides is 1. The summed E-state index contributed by atoms with van der Waals surface area (Å²) in [6.45, 7) is 4.05. The van der Waals surface area contributed by atoms with Gasteiger partial charge in [0.05, 0.1) is 5.54 Å². The zero-order valence-corrected chi connectivity index (χ0v) is 11.6. The first-order valence-electron chi connectivity index (χ1n) is 6.73. The number of carbonyl (C=O) groups excluding carboxylic acids is 1. The van der Waals surface area contributed by atoms with E-state index >= 15 is 0 Å². The van der Waals surface area contributed by atoms with Gasteiger partial charge in [0.15, 0.2) is 0 Å². The molecule has 19 heavy (non-hydrogen) atoms. The molecule has 0 aliphatic heterocycles. The van der Waals surface area contributed by atoms with Gasteiger partial charge in [0.25, 0.3) is 0 Å². The van der Waals surface area contributed by atoms with Crippen LogP contribution in [0.4, 0.5) is 0 Å². The molecule has 0 spiro atoms. The molecule has 4 nitrogen and oxygen atoms in total. The van der Waals surface area contributed by atoms with Crippen molar-refractivity contribution in [2.24, 2.45) is 11.5 Å². The monoisotopic (exact) mass is 262 g/mol. The summed E-state index contributed by atoms with van der Waals surface area (Å²) in [4.78, 5) is 11.4. The van der Waals surface area contributed by atoms with E-state index in [1.54, 1.807) is 0 Å². The number of rotatable bonds is 3. The molecule has 1 saturated carbocycles. The van der Waals surface area contributed by atoms with E-state index in [-0.39, 0.29) is 6.10 Å². The zero-order chi connectivity index (χ0) is 14.0. The molecule has 0 radical (unpaired) electrons. The molecule has 0 bridgehead atoms. The van der Waals surface area contributed by atoms with Gasteiger partial charge in [-0.3, -0.25) is 4.79 Å². The molecular weight excluding hydrogens is 240 g/mol. The van der Waals surface area contributed by atoms with Crippen LogP contribution in [0.2, 0.25) is 0 Å². The fourth-order valence-electron chi connectivity index (χ4n) is 2.59. The second-order valence-electron chi connectivity index (χ2n) is 5.63. The van der Waals surface area contributed by atoms with Crippen LogP contribution in [0.3, 0.4) is 0 Å². The van der Waals surface area contributed by atoms with Gasteiger partial charge in [-0.05, 0) is 50.3 Å². The Hall–Kier alpha value is -1.55. The number of nitrogens with two attached hydrogens (primary N) is 2. The molecule has 1 aromatic rings. The highest BCUT2D eigenvalue weighted by Gasteiger charge is 2.38. The van der Waals surface area contributed by atoms with Gasteiger partial charge in [-0.15, -0.1) is 0 Å². The van der Waals surface area contributed by atoms with Crippen molar-refractivity contribution in [1.82, 2.24) is 0 Å². The van der Waals surface area contributed by atoms with Crippen LogP contribution < -0.4 is 16.2 Å². The first-order chi connectivity index (χ1) is 8.90. The Morgan fingerprint density at radius 2 is 2.16 bits per heavy atom. The Balaban J connectivity index is 2.11. The maximum atomic E-state index is 11.4. The standard InChI is InChI=1S/C15H22N2O2/c1-10-5-6-11(2)13(8-10)19-12-4-3-7-15(17,9-12)14(16)18/h5-6,8,12H,3-4,7,9,17H2,1-2H3,(H2,16,18). The number of ether oxygens (including phenoxy) is 1. The lowest BCUT2D eigenvalue weighted by atomic mass is 9.80. The first-order valence-corrected chi connectivity index (χ1v) is 6.73. The van der Waals surface area contributed by atoms with Crippen molar-refractivity contribution in [1.29, 1.82) is 0 Å². The Bertz CT molecular complexity index is 487. The topological polar surface area (TPSA) is 78.3 Å². The highest BCUT2D eigenvalue weighted by molar-refractivity contribution is 5.84. The van der Waals surface area contributed by atoms with E-state index in [1.807, 2.05) is 26.0 Å². The van der Waals surface area contributed by atoms with Gasteiger partial charge in [-0.2, -0.15) is 0 Å². The van der Waals surface area contributed by atoms with Crippen LogP contribution in [0.1, 0.15) is 36.8 Å². The van der Waals surface area contributed by atoms with E-state index in [1.165, 1.54) is 0 Å². The van der Waals surface area contributed by atoms with Crippen LogP contribution in [-0.2, 0) is 4.79 Å². The molecule has 2 atom stereocenters. The third-order valence-corrected chi connectivity index (χ3v) is 3.87. The van der Waals surface area contributed by atoms with E-state index in [4.69, 9.17) is 16.2 Å². The SMILES string of the molecule is Cc1ccc(C)c(OC2CCCC(N)(C(N)=O)C2)c1. The second kappa shape index (κ2) is 5.21. The average molecular weight is 262 g/mol. The molecule has 1 fully saturated rings. The van der Waals surface area contributed by atoms with Crippen LogP contribution in [0.5, 0.6) is 5.75 Å². The predicted octanol–water partition coefficient (Wildman–Crippen LogP) is 1.81. The number of hydrogen-bond acceptors (Lipinski definition) is 3. The molecule has 2 rings (SSSR count). The van der Waals surface area contributed by atoms with Crippen molar-refractivity contribution < 1.29 is 9.53 Å². The number of benzene rings is 1. The van der Waals surface area contributed by atoms with Crippen LogP contribution in [0, 0.1) is 13.8 Å². The maximum Gasteiger partial charge on any atom is 0.237 e. The van der Waals surface area contributed by atoms with Crippen LogP contribution in [-0.4, -0.2) is 17.6 Å². The lowest BCUT2D eigenvalue weighted by Crippen LogP contribution is -2.56. The van der Waals surface area contributed by atoms with E-state index in [0.29, 0.717) is 12.8 Å². The van der Waals surface area contributed by atoms with Crippen molar-refractivity contribution in [3.8, 4) is 5.75 Å². The Labute approximate surface area is 114 Å². The minimum Gasteiger partial charge on any atom is -0.490 e. The number of aryl methyl sites for hydroxylation is 2. The normalized spacial score (nSPS) is 27.0. The molecule has 4 heteroatoms. The van der Waals surface area contributed by atoms with Gasteiger partial charge in [0.1, 0.15) is 11.9 Å². The molecule has 0 saturated heterocycles. The first kappa shape index (κ1) is 13.9. The third kappa shape index (κ3) is 3.07. The molecule has 1 amide bonds. The smallest absolute Gasteiger partial charge is 0.237 e. The molecule has 0 heterocycles. The molecule has 1 aliphatic carbocycles. The summed E-state index contributed by atoms with van der Waals surface area (Å²) in [5.74, 6) is 0.445. The molecule has 1 aliphatic rings. The second-order valence-corrected chi connectivity index (χ2v) is 5.63. The summed E-state index contributed by atoms with van der Waals surface area (Å²) in [7, 11) is 0. The van der Waals surface area contributed by atoms with Crippen LogP contribution in [0.15, 0.2) is 18.2 Å². The van der Waals surface area contributed by atoms with Gasteiger partial charge < -0.3 is 16.2 Å². The van der Waals surface area contributed by atoms with Gasteiger partial charge in [-0.1, -0.05) is 12.1 Å². The molecular formula is C15H22N2O2. The molecule has 4 N–H and O–H groups in total. The van der Waals surface area contributed by atoms with E-state index in [2.05, 4.69) is 6.07 Å². The van der Waals surface area contributed by atoms with Crippen molar-refractivity contribution in [2.75, 3.05) is 0 Å². The highest BCUT2D eigenvalue weighted by atomic mass is 16.5. The van der Waals surface area contributed by atoms with Crippen molar-refractivity contribution in [2.45, 2.75) is 51.2 Å². The van der Waals surface area contributed by atoms with E-state index in [0.717, 1.165) is 29.7 Å². The Morgan fingerprint density at radius 3 is 2.84 bits per heavy atom.